The molecule has 0 atom stereocenters. The van der Waals surface area contributed by atoms with Gasteiger partial charge in [-0.25, -0.2) is 26.3 Å². The van der Waals surface area contributed by atoms with Gasteiger partial charge in [-0.3, -0.25) is 0 Å². The maximum atomic E-state index is 16.0. The van der Waals surface area contributed by atoms with Gasteiger partial charge in [0.15, 0.2) is 34.9 Å². The van der Waals surface area contributed by atoms with Gasteiger partial charge in [0.25, 0.3) is 0 Å². The molecule has 0 heterocycles. The third-order valence-electron chi connectivity index (χ3n) is 10.3. The molecule has 0 saturated carbocycles. The average Bonchev–Trinajstić information content (AvgIpc) is 3.08. The van der Waals surface area contributed by atoms with Crippen LogP contribution >= 0.6 is 0 Å². The van der Waals surface area contributed by atoms with Crippen molar-refractivity contribution < 1.29 is 26.3 Å². The largest absolute Gasteiger partial charge is 0.204 e. The molecule has 0 radical (unpaired) electrons. The fraction of sp³-hybridized carbons (Fsp3) is 0. The molecule has 0 unspecified atom stereocenters. The smallest absolute Gasteiger partial charge is 0.195 e. The number of benzene rings is 11. The van der Waals surface area contributed by atoms with E-state index < -0.39 is 34.9 Å². The summed E-state index contributed by atoms with van der Waals surface area (Å²) in [5.41, 5.74) is 0. The Labute approximate surface area is 253 Å². The second-order valence-electron chi connectivity index (χ2n) is 12.2. The summed E-state index contributed by atoms with van der Waals surface area (Å²) in [5.74, 6) is -8.94. The van der Waals surface area contributed by atoms with E-state index in [4.69, 9.17) is 0 Å². The fourth-order valence-electron chi connectivity index (χ4n) is 8.67. The number of hydrogen-bond acceptors (Lipinski definition) is 0. The van der Waals surface area contributed by atoms with Gasteiger partial charge in [0.05, 0.1) is 0 Å². The van der Waals surface area contributed by atoms with Crippen molar-refractivity contribution in [2.75, 3.05) is 0 Å². The monoisotopic (exact) mass is 608 g/mol. The molecule has 11 aromatic carbocycles. The van der Waals surface area contributed by atoms with Crippen LogP contribution in [0.2, 0.25) is 0 Å². The van der Waals surface area contributed by atoms with Crippen LogP contribution in [0.25, 0.3) is 108 Å². The Hall–Kier alpha value is -5.62. The van der Waals surface area contributed by atoms with Gasteiger partial charge in [-0.05, 0) is 109 Å². The van der Waals surface area contributed by atoms with E-state index in [1.54, 1.807) is 12.1 Å². The van der Waals surface area contributed by atoms with E-state index in [0.717, 1.165) is 66.0 Å². The van der Waals surface area contributed by atoms with E-state index >= 15 is 26.3 Å². The lowest BCUT2D eigenvalue weighted by molar-refractivity contribution is 0.454. The fourth-order valence-corrected chi connectivity index (χ4v) is 8.67. The van der Waals surface area contributed by atoms with Crippen LogP contribution in [0.3, 0.4) is 0 Å². The highest BCUT2D eigenvalue weighted by molar-refractivity contribution is 6.55. The molecule has 0 aliphatic heterocycles. The van der Waals surface area contributed by atoms with Crippen molar-refractivity contribution in [2.45, 2.75) is 0 Å². The molecule has 0 spiro atoms. The molecule has 0 aliphatic carbocycles. The number of rotatable bonds is 0. The van der Waals surface area contributed by atoms with Crippen molar-refractivity contribution in [3.05, 3.63) is 120 Å². The maximum absolute atomic E-state index is 16.0. The van der Waals surface area contributed by atoms with E-state index in [0.29, 0.717) is 26.9 Å². The summed E-state index contributed by atoms with van der Waals surface area (Å²) >= 11 is 0. The van der Waals surface area contributed by atoms with E-state index in [-0.39, 0.29) is 26.9 Å². The van der Waals surface area contributed by atoms with E-state index in [2.05, 4.69) is 0 Å². The van der Waals surface area contributed by atoms with Crippen LogP contribution in [0.4, 0.5) is 26.3 Å². The lowest BCUT2D eigenvalue weighted by Crippen LogP contribution is -2.01. The topological polar surface area (TPSA) is 0 Å². The van der Waals surface area contributed by atoms with Gasteiger partial charge in [-0.2, -0.15) is 0 Å². The Morgan fingerprint density at radius 2 is 0.565 bits per heavy atom. The maximum Gasteiger partial charge on any atom is 0.195 e. The van der Waals surface area contributed by atoms with Crippen LogP contribution < -0.4 is 0 Å². The zero-order chi connectivity index (χ0) is 30.9. The van der Waals surface area contributed by atoms with Crippen LogP contribution in [0, 0.1) is 34.9 Å². The first-order valence-electron chi connectivity index (χ1n) is 14.8. The van der Waals surface area contributed by atoms with Crippen molar-refractivity contribution in [1.29, 1.82) is 0 Å². The summed E-state index contributed by atoms with van der Waals surface area (Å²) in [6.45, 7) is 0. The van der Waals surface area contributed by atoms with Crippen molar-refractivity contribution in [3.8, 4) is 0 Å². The first kappa shape index (κ1) is 24.7. The third kappa shape index (κ3) is 2.50. The molecule has 216 valence electrons. The van der Waals surface area contributed by atoms with Crippen LogP contribution in [0.1, 0.15) is 0 Å². The van der Waals surface area contributed by atoms with Gasteiger partial charge in [0, 0.05) is 10.8 Å². The highest BCUT2D eigenvalue weighted by atomic mass is 19.2. The zero-order valence-corrected chi connectivity index (χ0v) is 23.4. The highest BCUT2D eigenvalue weighted by Gasteiger charge is 2.30. The molecule has 0 fully saturated rings. The lowest BCUT2D eigenvalue weighted by Gasteiger charge is -2.26. The number of hydrogen-bond donors (Lipinski definition) is 0. The second-order valence-corrected chi connectivity index (χ2v) is 12.2. The molecular formula is C40H14F6. The minimum absolute atomic E-state index is 0.0474. The van der Waals surface area contributed by atoms with Crippen molar-refractivity contribution in [2.24, 2.45) is 0 Å². The summed E-state index contributed by atoms with van der Waals surface area (Å²) in [4.78, 5) is 0. The Kier molecular flexibility index (Phi) is 4.17. The summed E-state index contributed by atoms with van der Waals surface area (Å²) in [5, 5.41) is 11.0. The second kappa shape index (κ2) is 7.77. The molecule has 0 saturated heterocycles. The Morgan fingerprint density at radius 1 is 0.239 bits per heavy atom. The van der Waals surface area contributed by atoms with Gasteiger partial charge < -0.3 is 0 Å². The Morgan fingerprint density at radius 3 is 1.00 bits per heavy atom. The number of fused-ring (bicyclic) bond motifs is 12. The predicted octanol–water partition coefficient (Wildman–Crippen LogP) is 12.4. The molecule has 0 aliphatic rings. The zero-order valence-electron chi connectivity index (χ0n) is 23.4. The van der Waals surface area contributed by atoms with Gasteiger partial charge in [0.2, 0.25) is 0 Å². The molecular weight excluding hydrogens is 594 g/mol. The Balaban J connectivity index is 1.68. The van der Waals surface area contributed by atoms with Crippen LogP contribution in [0.5, 0.6) is 0 Å². The van der Waals surface area contributed by atoms with E-state index in [1.165, 1.54) is 0 Å². The summed E-state index contributed by atoms with van der Waals surface area (Å²) < 4.78 is 92.3. The minimum Gasteiger partial charge on any atom is -0.204 e. The normalized spacial score (nSPS) is 13.0. The molecule has 46 heavy (non-hydrogen) atoms. The summed E-state index contributed by atoms with van der Waals surface area (Å²) in [6, 6.07) is 24.9. The van der Waals surface area contributed by atoms with Crippen LogP contribution in [0.15, 0.2) is 84.9 Å². The van der Waals surface area contributed by atoms with Gasteiger partial charge in [-0.15, -0.1) is 0 Å². The first-order valence-corrected chi connectivity index (χ1v) is 14.8. The molecule has 0 nitrogen and oxygen atoms in total. The minimum atomic E-state index is -1.64. The molecule has 0 bridgehead atoms. The molecule has 0 amide bonds. The van der Waals surface area contributed by atoms with Gasteiger partial charge in [0.1, 0.15) is 0 Å². The predicted molar refractivity (Wildman–Crippen MR) is 175 cm³/mol. The summed E-state index contributed by atoms with van der Waals surface area (Å²) in [7, 11) is 0. The SMILES string of the molecule is Fc1cc2c(c(F)c1F)c1ccc3c4ccccc4c4c5ccccc5c5ccc6c7c(F)c(F)c(F)cc7c2c2c1c3c4c5c62. The summed E-state index contributed by atoms with van der Waals surface area (Å²) in [6.07, 6.45) is 0. The third-order valence-corrected chi connectivity index (χ3v) is 10.3. The average molecular weight is 609 g/mol. The van der Waals surface area contributed by atoms with Gasteiger partial charge >= 0.3 is 0 Å². The van der Waals surface area contributed by atoms with E-state index in [1.807, 2.05) is 60.7 Å². The van der Waals surface area contributed by atoms with Crippen molar-refractivity contribution >= 4 is 108 Å². The molecule has 11 rings (SSSR count). The quantitative estimate of drug-likeness (QED) is 0.0695. The van der Waals surface area contributed by atoms with Crippen LogP contribution in [-0.4, -0.2) is 0 Å². The lowest BCUT2D eigenvalue weighted by atomic mass is 9.76. The molecule has 11 aromatic rings. The Bertz CT molecular complexity index is 2990. The van der Waals surface area contributed by atoms with Gasteiger partial charge in [-0.1, -0.05) is 72.8 Å². The van der Waals surface area contributed by atoms with Crippen LogP contribution in [-0.2, 0) is 0 Å². The highest BCUT2D eigenvalue weighted by Crippen LogP contribution is 2.56. The number of halogens is 6. The standard InChI is InChI=1S/C40H14F6/c41-25-13-23-28-24-14-26(42)38(44)40(46)30(24)22-12-10-20-16-6-2-4-8-18(16)27-17-7-3-1-5-15(17)19-9-11-21(29(23)39(45)37(25)43)33-31(19)35(27)32(20)34(22)36(28)33/h1-14H. The molecule has 0 aromatic heterocycles. The molecule has 6 heteroatoms. The van der Waals surface area contributed by atoms with Crippen molar-refractivity contribution in [1.82, 2.24) is 0 Å². The first-order chi connectivity index (χ1) is 22.4. The van der Waals surface area contributed by atoms with Crippen molar-refractivity contribution in [3.63, 3.8) is 0 Å². The molecule has 0 N–H and O–H groups in total. The van der Waals surface area contributed by atoms with E-state index in [9.17, 15) is 0 Å².